The average molecular weight is 253 g/mol. The van der Waals surface area contributed by atoms with Crippen molar-refractivity contribution in [1.82, 2.24) is 4.98 Å². The molecule has 0 aliphatic rings. The molecule has 2 aromatic rings. The number of aliphatic hydroxyl groups excluding tert-OH is 3. The van der Waals surface area contributed by atoms with Crippen LogP contribution in [0.3, 0.4) is 0 Å². The second-order valence-electron chi connectivity index (χ2n) is 3.89. The first kappa shape index (κ1) is 12.4. The van der Waals surface area contributed by atoms with Gasteiger partial charge in [0, 0.05) is 6.61 Å². The monoisotopic (exact) mass is 253 g/mol. The fraction of sp³-hybridized carbons (Fsp3) is 0.417. The Labute approximate surface area is 103 Å². The highest BCUT2D eigenvalue weighted by Crippen LogP contribution is 2.29. The number of benzene rings is 1. The van der Waals surface area contributed by atoms with Crippen LogP contribution in [0.15, 0.2) is 18.2 Å². The van der Waals surface area contributed by atoms with Gasteiger partial charge in [-0.15, -0.1) is 11.3 Å². The second-order valence-corrected chi connectivity index (χ2v) is 4.96. The summed E-state index contributed by atoms with van der Waals surface area (Å²) >= 11 is 1.45. The molecule has 0 aliphatic carbocycles. The minimum absolute atomic E-state index is 0.00410. The molecule has 3 N–H and O–H groups in total. The van der Waals surface area contributed by atoms with Crippen LogP contribution in [0.4, 0.5) is 0 Å². The van der Waals surface area contributed by atoms with E-state index >= 15 is 0 Å². The van der Waals surface area contributed by atoms with Crippen molar-refractivity contribution >= 4 is 21.6 Å². The van der Waals surface area contributed by atoms with Crippen molar-refractivity contribution in [2.75, 3.05) is 6.61 Å². The standard InChI is InChI=1S/C12H15NO3S/c14-5-1-2-10(16)12-13-9-6-8(7-15)3-4-11(9)17-12/h3-4,6,10,14-16H,1-2,5,7H2. The highest BCUT2D eigenvalue weighted by atomic mass is 32.1. The van der Waals surface area contributed by atoms with Gasteiger partial charge in [-0.2, -0.15) is 0 Å². The van der Waals surface area contributed by atoms with Crippen LogP contribution in [0, 0.1) is 0 Å². The molecule has 0 fully saturated rings. The molecule has 0 aliphatic heterocycles. The van der Waals surface area contributed by atoms with Gasteiger partial charge >= 0.3 is 0 Å². The van der Waals surface area contributed by atoms with E-state index in [9.17, 15) is 5.11 Å². The van der Waals surface area contributed by atoms with Gasteiger partial charge in [-0.25, -0.2) is 4.98 Å². The number of hydrogen-bond donors (Lipinski definition) is 3. The van der Waals surface area contributed by atoms with Gasteiger partial charge in [-0.3, -0.25) is 0 Å². The maximum Gasteiger partial charge on any atom is 0.122 e. The molecule has 1 heterocycles. The largest absolute Gasteiger partial charge is 0.396 e. The van der Waals surface area contributed by atoms with Crippen molar-refractivity contribution in [2.45, 2.75) is 25.6 Å². The molecular weight excluding hydrogens is 238 g/mol. The van der Waals surface area contributed by atoms with E-state index in [-0.39, 0.29) is 13.2 Å². The van der Waals surface area contributed by atoms with Crippen LogP contribution in [0.2, 0.25) is 0 Å². The Hall–Kier alpha value is -1.01. The fourth-order valence-electron chi connectivity index (χ4n) is 1.64. The highest BCUT2D eigenvalue weighted by molar-refractivity contribution is 7.18. The zero-order valence-electron chi connectivity index (χ0n) is 9.33. The fourth-order valence-corrected chi connectivity index (χ4v) is 2.61. The molecule has 0 bridgehead atoms. The molecule has 5 heteroatoms. The Kier molecular flexibility index (Phi) is 4.06. The number of hydrogen-bond acceptors (Lipinski definition) is 5. The summed E-state index contributed by atoms with van der Waals surface area (Å²) in [4.78, 5) is 4.35. The number of thiazole rings is 1. The molecule has 0 radical (unpaired) electrons. The highest BCUT2D eigenvalue weighted by Gasteiger charge is 2.13. The van der Waals surface area contributed by atoms with Gasteiger partial charge in [-0.1, -0.05) is 6.07 Å². The van der Waals surface area contributed by atoms with E-state index in [1.54, 1.807) is 0 Å². The molecule has 1 aromatic carbocycles. The second kappa shape index (κ2) is 5.55. The lowest BCUT2D eigenvalue weighted by Crippen LogP contribution is -1.97. The van der Waals surface area contributed by atoms with Gasteiger partial charge in [0.25, 0.3) is 0 Å². The van der Waals surface area contributed by atoms with Crippen molar-refractivity contribution in [3.8, 4) is 0 Å². The maximum absolute atomic E-state index is 9.87. The third-order valence-corrected chi connectivity index (χ3v) is 3.71. The first-order valence-electron chi connectivity index (χ1n) is 5.53. The lowest BCUT2D eigenvalue weighted by molar-refractivity contribution is 0.151. The van der Waals surface area contributed by atoms with Crippen molar-refractivity contribution in [1.29, 1.82) is 0 Å². The molecule has 92 valence electrons. The van der Waals surface area contributed by atoms with Crippen molar-refractivity contribution < 1.29 is 15.3 Å². The van der Waals surface area contributed by atoms with Crippen LogP contribution in [-0.2, 0) is 6.61 Å². The summed E-state index contributed by atoms with van der Waals surface area (Å²) in [6, 6.07) is 5.58. The third kappa shape index (κ3) is 2.81. The summed E-state index contributed by atoms with van der Waals surface area (Å²) in [5, 5.41) is 28.3. The normalized spacial score (nSPS) is 13.1. The van der Waals surface area contributed by atoms with Crippen LogP contribution >= 0.6 is 11.3 Å². The summed E-state index contributed by atoms with van der Waals surface area (Å²) in [6.07, 6.45) is 0.472. The lowest BCUT2D eigenvalue weighted by atomic mass is 10.2. The SMILES string of the molecule is OCCCC(O)c1nc2cc(CO)ccc2s1. The van der Waals surface area contributed by atoms with Gasteiger partial charge in [0.05, 0.1) is 16.8 Å². The van der Waals surface area contributed by atoms with Crippen LogP contribution in [0.5, 0.6) is 0 Å². The summed E-state index contributed by atoms with van der Waals surface area (Å²) in [5.41, 5.74) is 1.62. The summed E-state index contributed by atoms with van der Waals surface area (Å²) in [5.74, 6) is 0. The van der Waals surface area contributed by atoms with Gasteiger partial charge in [0.15, 0.2) is 0 Å². The smallest absolute Gasteiger partial charge is 0.122 e. The van der Waals surface area contributed by atoms with Gasteiger partial charge in [0.2, 0.25) is 0 Å². The molecule has 2 rings (SSSR count). The van der Waals surface area contributed by atoms with Gasteiger partial charge in [0.1, 0.15) is 11.1 Å². The van der Waals surface area contributed by atoms with E-state index in [0.29, 0.717) is 17.8 Å². The summed E-state index contributed by atoms with van der Waals surface area (Å²) in [7, 11) is 0. The Bertz CT molecular complexity index is 497. The van der Waals surface area contributed by atoms with E-state index in [0.717, 1.165) is 15.8 Å². The number of fused-ring (bicyclic) bond motifs is 1. The molecule has 17 heavy (non-hydrogen) atoms. The molecule has 1 aromatic heterocycles. The lowest BCUT2D eigenvalue weighted by Gasteiger charge is -2.04. The Morgan fingerprint density at radius 3 is 2.82 bits per heavy atom. The molecule has 0 saturated carbocycles. The van der Waals surface area contributed by atoms with Gasteiger partial charge in [-0.05, 0) is 30.5 Å². The van der Waals surface area contributed by atoms with Crippen molar-refractivity contribution in [3.05, 3.63) is 28.8 Å². The van der Waals surface area contributed by atoms with Crippen LogP contribution in [-0.4, -0.2) is 26.9 Å². The van der Waals surface area contributed by atoms with Crippen molar-refractivity contribution in [3.63, 3.8) is 0 Å². The predicted octanol–water partition coefficient (Wildman–Crippen LogP) is 1.59. The minimum Gasteiger partial charge on any atom is -0.396 e. The van der Waals surface area contributed by atoms with Gasteiger partial charge < -0.3 is 15.3 Å². The third-order valence-electron chi connectivity index (χ3n) is 2.57. The average Bonchev–Trinajstić information content (AvgIpc) is 2.78. The van der Waals surface area contributed by atoms with E-state index in [2.05, 4.69) is 4.98 Å². The molecule has 0 spiro atoms. The first-order valence-corrected chi connectivity index (χ1v) is 6.35. The molecular formula is C12H15NO3S. The number of rotatable bonds is 5. The molecule has 1 atom stereocenters. The number of nitrogens with zero attached hydrogens (tertiary/aromatic N) is 1. The summed E-state index contributed by atoms with van der Waals surface area (Å²) in [6.45, 7) is 0.0759. The van der Waals surface area contributed by atoms with E-state index in [1.165, 1.54) is 11.3 Å². The molecule has 1 unspecified atom stereocenters. The molecule has 4 nitrogen and oxygen atoms in total. The zero-order valence-corrected chi connectivity index (χ0v) is 10.2. The Morgan fingerprint density at radius 1 is 1.29 bits per heavy atom. The van der Waals surface area contributed by atoms with E-state index in [1.807, 2.05) is 18.2 Å². The minimum atomic E-state index is -0.614. The van der Waals surface area contributed by atoms with Crippen LogP contribution < -0.4 is 0 Å². The van der Waals surface area contributed by atoms with E-state index in [4.69, 9.17) is 10.2 Å². The molecule has 0 amide bonds. The predicted molar refractivity (Wildman–Crippen MR) is 66.8 cm³/mol. The topological polar surface area (TPSA) is 73.6 Å². The number of aromatic nitrogens is 1. The van der Waals surface area contributed by atoms with Crippen LogP contribution in [0.25, 0.3) is 10.2 Å². The maximum atomic E-state index is 9.87. The van der Waals surface area contributed by atoms with Crippen molar-refractivity contribution in [2.24, 2.45) is 0 Å². The Morgan fingerprint density at radius 2 is 2.12 bits per heavy atom. The molecule has 0 saturated heterocycles. The quantitative estimate of drug-likeness (QED) is 0.756. The first-order chi connectivity index (χ1) is 8.24. The summed E-state index contributed by atoms with van der Waals surface area (Å²) < 4.78 is 1.00. The Balaban J connectivity index is 2.24. The number of aliphatic hydroxyl groups is 3. The van der Waals surface area contributed by atoms with E-state index < -0.39 is 6.10 Å². The zero-order chi connectivity index (χ0) is 12.3. The van der Waals surface area contributed by atoms with Crippen LogP contribution in [0.1, 0.15) is 29.5 Å².